The number of carbonyl (C=O) groups is 1. The van der Waals surface area contributed by atoms with Crippen molar-refractivity contribution in [2.45, 2.75) is 54.9 Å². The maximum atomic E-state index is 13.9. The number of ether oxygens (including phenoxy) is 1. The second-order valence-corrected chi connectivity index (χ2v) is 13.8. The third-order valence-corrected chi connectivity index (χ3v) is 10.7. The van der Waals surface area contributed by atoms with E-state index in [1.54, 1.807) is 31.2 Å². The number of phenolic OH excluding ortho intramolecular Hbond substituents is 1. The number of aliphatic hydroxyl groups excluding tert-OH is 1. The summed E-state index contributed by atoms with van der Waals surface area (Å²) in [6.07, 6.45) is 3.83. The molecule has 0 saturated heterocycles. The number of thioether (sulfide) groups is 1. The van der Waals surface area contributed by atoms with E-state index in [0.29, 0.717) is 17.0 Å². The number of aryl methyl sites for hydroxylation is 1. The van der Waals surface area contributed by atoms with Gasteiger partial charge in [-0.2, -0.15) is 4.31 Å². The lowest BCUT2D eigenvalue weighted by Gasteiger charge is -2.32. The number of aliphatic hydroxyl groups is 1. The standard InChI is InChI=1S/C32H40N2O6S2/c1-23-19-25(35)13-18-30(23)33-32(37)29(22-41-27-11-7-4-8-12-27)31(36)21-34(20-24-9-5-3-6-10-24)42(38,39)28-16-14-26(40-2)15-17-28/h4,7-8,11-19,24,29,31,35-36H,3,5-6,9-10,20-22H2,1-2H3,(H,33,37). The predicted octanol–water partition coefficient (Wildman–Crippen LogP) is 5.69. The number of aromatic hydroxyl groups is 1. The molecule has 0 aliphatic heterocycles. The number of hydrogen-bond donors (Lipinski definition) is 3. The van der Waals surface area contributed by atoms with Crippen molar-refractivity contribution < 1.29 is 28.2 Å². The van der Waals surface area contributed by atoms with Crippen LogP contribution >= 0.6 is 11.8 Å². The first-order valence-electron chi connectivity index (χ1n) is 14.3. The molecule has 1 amide bonds. The predicted molar refractivity (Wildman–Crippen MR) is 166 cm³/mol. The molecule has 1 saturated carbocycles. The quantitative estimate of drug-likeness (QED) is 0.168. The minimum absolute atomic E-state index is 0.0869. The van der Waals surface area contributed by atoms with Crippen molar-refractivity contribution in [3.8, 4) is 11.5 Å². The van der Waals surface area contributed by atoms with Gasteiger partial charge in [0.1, 0.15) is 11.5 Å². The molecule has 1 fully saturated rings. The van der Waals surface area contributed by atoms with Crippen molar-refractivity contribution in [3.63, 3.8) is 0 Å². The highest BCUT2D eigenvalue weighted by Gasteiger charge is 2.35. The van der Waals surface area contributed by atoms with Crippen LogP contribution in [0.25, 0.3) is 0 Å². The van der Waals surface area contributed by atoms with E-state index >= 15 is 0 Å². The van der Waals surface area contributed by atoms with Gasteiger partial charge >= 0.3 is 0 Å². The number of sulfonamides is 1. The second-order valence-electron chi connectivity index (χ2n) is 10.8. The van der Waals surface area contributed by atoms with Gasteiger partial charge in [0.15, 0.2) is 0 Å². The zero-order valence-corrected chi connectivity index (χ0v) is 25.7. The summed E-state index contributed by atoms with van der Waals surface area (Å²) in [5.41, 5.74) is 1.19. The van der Waals surface area contributed by atoms with E-state index in [4.69, 9.17) is 4.74 Å². The molecule has 1 aliphatic rings. The van der Waals surface area contributed by atoms with Gasteiger partial charge in [-0.3, -0.25) is 4.79 Å². The molecule has 2 atom stereocenters. The first-order valence-corrected chi connectivity index (χ1v) is 16.7. The highest BCUT2D eigenvalue weighted by Crippen LogP contribution is 2.30. The summed E-state index contributed by atoms with van der Waals surface area (Å²) in [6, 6.07) is 20.5. The molecule has 0 heterocycles. The molecule has 1 aliphatic carbocycles. The van der Waals surface area contributed by atoms with Gasteiger partial charge in [-0.05, 0) is 85.8 Å². The smallest absolute Gasteiger partial charge is 0.243 e. The van der Waals surface area contributed by atoms with Crippen molar-refractivity contribution in [3.05, 3.63) is 78.4 Å². The van der Waals surface area contributed by atoms with Crippen molar-refractivity contribution in [2.24, 2.45) is 11.8 Å². The van der Waals surface area contributed by atoms with Crippen molar-refractivity contribution in [2.75, 3.05) is 31.3 Å². The number of carbonyl (C=O) groups excluding carboxylic acids is 1. The van der Waals surface area contributed by atoms with E-state index in [-0.39, 0.29) is 35.4 Å². The number of hydrogen-bond acceptors (Lipinski definition) is 7. The molecule has 0 radical (unpaired) electrons. The number of nitrogens with one attached hydrogen (secondary N) is 1. The molecule has 2 unspecified atom stereocenters. The van der Waals surface area contributed by atoms with Crippen LogP contribution in [0.2, 0.25) is 0 Å². The summed E-state index contributed by atoms with van der Waals surface area (Å²) < 4.78 is 34.4. The molecule has 8 nitrogen and oxygen atoms in total. The Kier molecular flexibility index (Phi) is 11.3. The molecule has 226 valence electrons. The van der Waals surface area contributed by atoms with E-state index < -0.39 is 28.0 Å². The number of amides is 1. The minimum atomic E-state index is -3.97. The number of rotatable bonds is 13. The Hall–Kier alpha value is -3.05. The highest BCUT2D eigenvalue weighted by molar-refractivity contribution is 7.99. The van der Waals surface area contributed by atoms with Crippen molar-refractivity contribution in [1.29, 1.82) is 0 Å². The van der Waals surface area contributed by atoms with Crippen LogP contribution in [0.1, 0.15) is 37.7 Å². The first-order chi connectivity index (χ1) is 20.2. The molecule has 3 N–H and O–H groups in total. The summed E-state index contributed by atoms with van der Waals surface area (Å²) in [5.74, 6) is -0.267. The van der Waals surface area contributed by atoms with Crippen LogP contribution < -0.4 is 10.1 Å². The van der Waals surface area contributed by atoms with Crippen molar-refractivity contribution in [1.82, 2.24) is 4.31 Å². The summed E-state index contributed by atoms with van der Waals surface area (Å²) in [5, 5.41) is 24.3. The fourth-order valence-electron chi connectivity index (χ4n) is 5.24. The van der Waals surface area contributed by atoms with Gasteiger partial charge in [-0.15, -0.1) is 11.8 Å². The van der Waals surface area contributed by atoms with E-state index in [2.05, 4.69) is 5.32 Å². The molecular weight excluding hydrogens is 572 g/mol. The molecule has 3 aromatic rings. The topological polar surface area (TPSA) is 116 Å². The Labute approximate surface area is 253 Å². The van der Waals surface area contributed by atoms with Gasteiger partial charge in [0.2, 0.25) is 15.9 Å². The molecule has 42 heavy (non-hydrogen) atoms. The molecule has 0 spiro atoms. The number of nitrogens with zero attached hydrogens (tertiary/aromatic N) is 1. The van der Waals surface area contributed by atoms with Gasteiger partial charge in [0.25, 0.3) is 0 Å². The van der Waals surface area contributed by atoms with Gasteiger partial charge in [0.05, 0.1) is 24.0 Å². The summed E-state index contributed by atoms with van der Waals surface area (Å²) in [6.45, 7) is 1.84. The fraction of sp³-hybridized carbons (Fsp3) is 0.406. The summed E-state index contributed by atoms with van der Waals surface area (Å²) >= 11 is 1.43. The first kappa shape index (κ1) is 31.9. The number of methoxy groups -OCH3 is 1. The van der Waals surface area contributed by atoms with E-state index in [1.165, 1.54) is 41.4 Å². The Bertz CT molecular complexity index is 1410. The summed E-state index contributed by atoms with van der Waals surface area (Å²) in [7, 11) is -2.44. The fourth-order valence-corrected chi connectivity index (χ4v) is 7.87. The minimum Gasteiger partial charge on any atom is -0.508 e. The SMILES string of the molecule is COc1ccc(S(=O)(=O)N(CC2CCCCC2)CC(O)C(CSc2ccccc2)C(=O)Nc2ccc(O)cc2C)cc1. The van der Waals surface area contributed by atoms with Crippen LogP contribution in [0.3, 0.4) is 0 Å². The Morgan fingerprint density at radius 3 is 2.38 bits per heavy atom. The van der Waals surface area contributed by atoms with Crippen LogP contribution in [-0.2, 0) is 14.8 Å². The number of anilines is 1. The summed E-state index contributed by atoms with van der Waals surface area (Å²) in [4.78, 5) is 14.7. The lowest BCUT2D eigenvalue weighted by molar-refractivity contribution is -0.122. The van der Waals surface area contributed by atoms with Crippen LogP contribution in [0.4, 0.5) is 5.69 Å². The maximum absolute atomic E-state index is 13.9. The highest BCUT2D eigenvalue weighted by atomic mass is 32.2. The monoisotopic (exact) mass is 612 g/mol. The van der Waals surface area contributed by atoms with Crippen molar-refractivity contribution >= 4 is 33.4 Å². The van der Waals surface area contributed by atoms with E-state index in [0.717, 1.165) is 37.0 Å². The van der Waals surface area contributed by atoms with Gasteiger partial charge in [-0.1, -0.05) is 37.5 Å². The maximum Gasteiger partial charge on any atom is 0.243 e. The van der Waals surface area contributed by atoms with Crippen LogP contribution in [0.15, 0.2) is 82.6 Å². The Balaban J connectivity index is 1.60. The lowest BCUT2D eigenvalue weighted by atomic mass is 9.89. The third-order valence-electron chi connectivity index (χ3n) is 7.72. The average molecular weight is 613 g/mol. The van der Waals surface area contributed by atoms with Crippen LogP contribution in [0, 0.1) is 18.8 Å². The lowest BCUT2D eigenvalue weighted by Crippen LogP contribution is -2.46. The molecular formula is C32H40N2O6S2. The van der Waals surface area contributed by atoms with E-state index in [1.807, 2.05) is 30.3 Å². The largest absolute Gasteiger partial charge is 0.508 e. The number of benzene rings is 3. The van der Waals surface area contributed by atoms with Crippen LogP contribution in [0.5, 0.6) is 11.5 Å². The number of phenols is 1. The van der Waals surface area contributed by atoms with Gasteiger partial charge in [-0.25, -0.2) is 8.42 Å². The molecule has 4 rings (SSSR count). The average Bonchev–Trinajstić information content (AvgIpc) is 2.99. The Morgan fingerprint density at radius 2 is 1.74 bits per heavy atom. The zero-order chi connectivity index (χ0) is 30.1. The van der Waals surface area contributed by atoms with Gasteiger partial charge < -0.3 is 20.3 Å². The third kappa shape index (κ3) is 8.50. The van der Waals surface area contributed by atoms with Crippen LogP contribution in [-0.4, -0.2) is 60.9 Å². The Morgan fingerprint density at radius 1 is 1.05 bits per heavy atom. The molecule has 0 bridgehead atoms. The van der Waals surface area contributed by atoms with E-state index in [9.17, 15) is 23.4 Å². The molecule has 10 heteroatoms. The van der Waals surface area contributed by atoms with Gasteiger partial charge in [0, 0.05) is 29.4 Å². The molecule has 3 aromatic carbocycles. The normalized spacial score (nSPS) is 15.7. The second kappa shape index (κ2) is 14.9. The zero-order valence-electron chi connectivity index (χ0n) is 24.1. The molecule has 0 aromatic heterocycles.